The van der Waals surface area contributed by atoms with E-state index in [-0.39, 0.29) is 5.91 Å². The van der Waals surface area contributed by atoms with Gasteiger partial charge in [0.1, 0.15) is 0 Å². The SMILES string of the molecule is O=C(N/N=C\c1cccs1)c1cccs1. The Labute approximate surface area is 95.1 Å². The number of carbonyl (C=O) groups excluding carboxylic acids is 1. The van der Waals surface area contributed by atoms with Crippen LogP contribution in [-0.4, -0.2) is 12.1 Å². The maximum absolute atomic E-state index is 11.4. The summed E-state index contributed by atoms with van der Waals surface area (Å²) >= 11 is 2.97. The lowest BCUT2D eigenvalue weighted by molar-refractivity contribution is 0.0959. The molecule has 2 aromatic heterocycles. The molecule has 2 heterocycles. The highest BCUT2D eigenvalue weighted by atomic mass is 32.1. The van der Waals surface area contributed by atoms with E-state index in [0.29, 0.717) is 4.88 Å². The van der Waals surface area contributed by atoms with E-state index in [2.05, 4.69) is 10.5 Å². The molecule has 0 saturated heterocycles. The first kappa shape index (κ1) is 10.1. The molecule has 0 unspecified atom stereocenters. The first-order chi connectivity index (χ1) is 7.36. The van der Waals surface area contributed by atoms with Crippen LogP contribution in [0.2, 0.25) is 0 Å². The molecule has 1 N–H and O–H groups in total. The minimum Gasteiger partial charge on any atom is -0.266 e. The van der Waals surface area contributed by atoms with Crippen LogP contribution in [0, 0.1) is 0 Å². The Balaban J connectivity index is 1.91. The van der Waals surface area contributed by atoms with Crippen LogP contribution in [0.1, 0.15) is 14.5 Å². The van der Waals surface area contributed by atoms with Crippen molar-refractivity contribution in [3.8, 4) is 0 Å². The fraction of sp³-hybridized carbons (Fsp3) is 0. The second-order valence-corrected chi connectivity index (χ2v) is 4.62. The molecule has 0 atom stereocenters. The molecule has 0 fully saturated rings. The molecule has 15 heavy (non-hydrogen) atoms. The molecule has 1 amide bonds. The molecule has 0 aliphatic heterocycles. The van der Waals surface area contributed by atoms with Gasteiger partial charge in [0.15, 0.2) is 0 Å². The first-order valence-corrected chi connectivity index (χ1v) is 6.02. The van der Waals surface area contributed by atoms with Gasteiger partial charge in [0, 0.05) is 4.88 Å². The van der Waals surface area contributed by atoms with Crippen molar-refractivity contribution in [3.63, 3.8) is 0 Å². The Morgan fingerprint density at radius 1 is 1.27 bits per heavy atom. The third-order valence-corrected chi connectivity index (χ3v) is 3.32. The molecule has 0 saturated carbocycles. The van der Waals surface area contributed by atoms with Gasteiger partial charge in [0.25, 0.3) is 5.91 Å². The molecule has 0 spiro atoms. The second-order valence-electron chi connectivity index (χ2n) is 2.69. The van der Waals surface area contributed by atoms with Crippen molar-refractivity contribution in [3.05, 3.63) is 44.8 Å². The number of hydrogen-bond donors (Lipinski definition) is 1. The van der Waals surface area contributed by atoms with Crippen LogP contribution in [0.5, 0.6) is 0 Å². The number of rotatable bonds is 3. The van der Waals surface area contributed by atoms with Gasteiger partial charge in [-0.2, -0.15) is 5.10 Å². The average molecular weight is 236 g/mol. The van der Waals surface area contributed by atoms with Gasteiger partial charge in [-0.25, -0.2) is 5.43 Å². The molecule has 0 radical (unpaired) electrons. The van der Waals surface area contributed by atoms with Crippen molar-refractivity contribution < 1.29 is 4.79 Å². The quantitative estimate of drug-likeness (QED) is 0.646. The van der Waals surface area contributed by atoms with Gasteiger partial charge < -0.3 is 0 Å². The van der Waals surface area contributed by atoms with E-state index in [1.165, 1.54) is 11.3 Å². The lowest BCUT2D eigenvalue weighted by Crippen LogP contribution is -2.15. The molecule has 0 bridgehead atoms. The van der Waals surface area contributed by atoms with Crippen LogP contribution in [0.25, 0.3) is 0 Å². The molecule has 3 nitrogen and oxygen atoms in total. The van der Waals surface area contributed by atoms with Crippen LogP contribution in [-0.2, 0) is 0 Å². The molecule has 76 valence electrons. The summed E-state index contributed by atoms with van der Waals surface area (Å²) in [6.07, 6.45) is 1.64. The largest absolute Gasteiger partial charge is 0.281 e. The minimum atomic E-state index is -0.169. The van der Waals surface area contributed by atoms with Gasteiger partial charge in [-0.05, 0) is 22.9 Å². The second kappa shape index (κ2) is 4.86. The number of carbonyl (C=O) groups is 1. The van der Waals surface area contributed by atoms with Crippen LogP contribution in [0.3, 0.4) is 0 Å². The molecular formula is C10H8N2OS2. The Hall–Kier alpha value is -1.46. The van der Waals surface area contributed by atoms with Gasteiger partial charge in [0.2, 0.25) is 0 Å². The normalized spacial score (nSPS) is 10.7. The van der Waals surface area contributed by atoms with Gasteiger partial charge in [-0.15, -0.1) is 22.7 Å². The summed E-state index contributed by atoms with van der Waals surface area (Å²) in [5, 5.41) is 7.68. The lowest BCUT2D eigenvalue weighted by atomic mass is 10.4. The standard InChI is InChI=1S/C10H8N2OS2/c13-10(9-4-2-6-15-9)12-11-7-8-3-1-5-14-8/h1-7H,(H,12,13)/b11-7-. The Morgan fingerprint density at radius 3 is 2.73 bits per heavy atom. The van der Waals surface area contributed by atoms with Gasteiger partial charge in [0.05, 0.1) is 11.1 Å². The summed E-state index contributed by atoms with van der Waals surface area (Å²) in [4.78, 5) is 13.1. The Bertz CT molecular complexity index is 446. The fourth-order valence-electron chi connectivity index (χ4n) is 0.982. The van der Waals surface area contributed by atoms with Crippen molar-refractivity contribution in [1.29, 1.82) is 0 Å². The number of nitrogens with zero attached hydrogens (tertiary/aromatic N) is 1. The van der Waals surface area contributed by atoms with Gasteiger partial charge in [-0.3, -0.25) is 4.79 Å². The number of hydrazone groups is 1. The molecule has 0 aromatic carbocycles. The van der Waals surface area contributed by atoms with Crippen molar-refractivity contribution in [2.45, 2.75) is 0 Å². The smallest absolute Gasteiger partial charge is 0.266 e. The van der Waals surface area contributed by atoms with E-state index in [1.54, 1.807) is 23.6 Å². The van der Waals surface area contributed by atoms with Crippen LogP contribution < -0.4 is 5.43 Å². The zero-order valence-corrected chi connectivity index (χ0v) is 9.35. The zero-order valence-electron chi connectivity index (χ0n) is 7.71. The average Bonchev–Trinajstić information content (AvgIpc) is 2.90. The maximum Gasteiger partial charge on any atom is 0.281 e. The van der Waals surface area contributed by atoms with E-state index >= 15 is 0 Å². The van der Waals surface area contributed by atoms with Crippen molar-refractivity contribution in [1.82, 2.24) is 5.43 Å². The summed E-state index contributed by atoms with van der Waals surface area (Å²) in [7, 11) is 0. The molecule has 2 aromatic rings. The highest BCUT2D eigenvalue weighted by Crippen LogP contribution is 2.08. The monoisotopic (exact) mass is 236 g/mol. The Kier molecular flexibility index (Phi) is 3.26. The van der Waals surface area contributed by atoms with Crippen molar-refractivity contribution in [2.75, 3.05) is 0 Å². The van der Waals surface area contributed by atoms with Gasteiger partial charge >= 0.3 is 0 Å². The third kappa shape index (κ3) is 2.74. The Morgan fingerprint density at radius 2 is 2.07 bits per heavy atom. The first-order valence-electron chi connectivity index (χ1n) is 4.26. The molecular weight excluding hydrogens is 228 g/mol. The predicted octanol–water partition coefficient (Wildman–Crippen LogP) is 2.57. The minimum absolute atomic E-state index is 0.169. The lowest BCUT2D eigenvalue weighted by Gasteiger charge is -1.93. The molecule has 5 heteroatoms. The van der Waals surface area contributed by atoms with E-state index in [4.69, 9.17) is 0 Å². The summed E-state index contributed by atoms with van der Waals surface area (Å²) in [6.45, 7) is 0. The van der Waals surface area contributed by atoms with Crippen molar-refractivity contribution in [2.24, 2.45) is 5.10 Å². The van der Waals surface area contributed by atoms with Crippen LogP contribution >= 0.6 is 22.7 Å². The van der Waals surface area contributed by atoms with Crippen LogP contribution in [0.15, 0.2) is 40.1 Å². The third-order valence-electron chi connectivity index (χ3n) is 1.65. The summed E-state index contributed by atoms with van der Waals surface area (Å²) in [5.41, 5.74) is 2.47. The summed E-state index contributed by atoms with van der Waals surface area (Å²) < 4.78 is 0. The van der Waals surface area contributed by atoms with Crippen molar-refractivity contribution >= 4 is 34.8 Å². The topological polar surface area (TPSA) is 41.5 Å². The molecule has 0 aliphatic rings. The van der Waals surface area contributed by atoms with Crippen LogP contribution in [0.4, 0.5) is 0 Å². The molecule has 0 aliphatic carbocycles. The summed E-state index contributed by atoms with van der Waals surface area (Å²) in [5.74, 6) is -0.169. The fourth-order valence-corrected chi connectivity index (χ4v) is 2.18. The number of amides is 1. The number of thiophene rings is 2. The zero-order chi connectivity index (χ0) is 10.5. The van der Waals surface area contributed by atoms with E-state index in [1.807, 2.05) is 29.0 Å². The van der Waals surface area contributed by atoms with Gasteiger partial charge in [-0.1, -0.05) is 12.1 Å². The number of hydrogen-bond acceptors (Lipinski definition) is 4. The summed E-state index contributed by atoms with van der Waals surface area (Å²) in [6, 6.07) is 7.47. The van der Waals surface area contributed by atoms with E-state index in [9.17, 15) is 4.79 Å². The molecule has 2 rings (SSSR count). The highest BCUT2D eigenvalue weighted by Gasteiger charge is 2.03. The maximum atomic E-state index is 11.4. The van der Waals surface area contributed by atoms with E-state index in [0.717, 1.165) is 4.88 Å². The predicted molar refractivity (Wildman–Crippen MR) is 63.7 cm³/mol. The highest BCUT2D eigenvalue weighted by molar-refractivity contribution is 7.12. The number of nitrogens with one attached hydrogen (secondary N) is 1. The van der Waals surface area contributed by atoms with E-state index < -0.39 is 0 Å².